The van der Waals surface area contributed by atoms with Crippen molar-refractivity contribution in [1.29, 1.82) is 0 Å². The molecule has 3 rings (SSSR count). The number of nitrogens with zero attached hydrogens (tertiary/aromatic N) is 3. The standard InChI is InChI=1S/C19H26N4.3ClH/c1-15(2)23-11-9-22(10-12-23)14-16-3-8-19(21-13-16)17-4-6-18(20)7-5-17;;;/h3-8,13,15H,9-12,14,20H2,1-2H3;3*1H. The lowest BCUT2D eigenvalue weighted by atomic mass is 10.1. The molecule has 2 aromatic rings. The molecule has 146 valence electrons. The van der Waals surface area contributed by atoms with Gasteiger partial charge in [0.25, 0.3) is 0 Å². The summed E-state index contributed by atoms with van der Waals surface area (Å²) in [5, 5.41) is 0. The fourth-order valence-corrected chi connectivity index (χ4v) is 3.04. The zero-order chi connectivity index (χ0) is 16.2. The number of aromatic nitrogens is 1. The van der Waals surface area contributed by atoms with Crippen molar-refractivity contribution < 1.29 is 0 Å². The van der Waals surface area contributed by atoms with Crippen molar-refractivity contribution >= 4 is 42.9 Å². The quantitative estimate of drug-likeness (QED) is 0.757. The highest BCUT2D eigenvalue weighted by Gasteiger charge is 2.18. The van der Waals surface area contributed by atoms with E-state index in [1.807, 2.05) is 30.5 Å². The molecule has 0 atom stereocenters. The third kappa shape index (κ3) is 6.60. The number of hydrogen-bond donors (Lipinski definition) is 1. The Morgan fingerprint density at radius 1 is 0.923 bits per heavy atom. The Kier molecular flexibility index (Phi) is 11.2. The Balaban J connectivity index is 0.00000208. The van der Waals surface area contributed by atoms with Gasteiger partial charge in [0, 0.05) is 56.2 Å². The van der Waals surface area contributed by atoms with Crippen LogP contribution in [0.3, 0.4) is 0 Å². The van der Waals surface area contributed by atoms with Crippen LogP contribution in [-0.2, 0) is 6.54 Å². The van der Waals surface area contributed by atoms with E-state index in [4.69, 9.17) is 5.73 Å². The zero-order valence-corrected chi connectivity index (χ0v) is 17.7. The molecule has 2 N–H and O–H groups in total. The SMILES string of the molecule is CC(C)N1CCN(Cc2ccc(-c3ccc(N)cc3)nc2)CC1.Cl.Cl.Cl. The molecule has 7 heteroatoms. The predicted octanol–water partition coefficient (Wildman–Crippen LogP) is 4.12. The minimum absolute atomic E-state index is 0. The fraction of sp³-hybridized carbons (Fsp3) is 0.421. The van der Waals surface area contributed by atoms with E-state index in [2.05, 4.69) is 40.8 Å². The second-order valence-corrected chi connectivity index (χ2v) is 6.58. The lowest BCUT2D eigenvalue weighted by molar-refractivity contribution is 0.104. The summed E-state index contributed by atoms with van der Waals surface area (Å²) in [6.07, 6.45) is 2.00. The summed E-state index contributed by atoms with van der Waals surface area (Å²) < 4.78 is 0. The number of rotatable bonds is 4. The van der Waals surface area contributed by atoms with Crippen molar-refractivity contribution in [2.24, 2.45) is 0 Å². The molecule has 0 radical (unpaired) electrons. The first kappa shape index (κ1) is 25.0. The summed E-state index contributed by atoms with van der Waals surface area (Å²) in [6, 6.07) is 12.8. The first-order valence-electron chi connectivity index (χ1n) is 8.39. The van der Waals surface area contributed by atoms with E-state index in [0.29, 0.717) is 6.04 Å². The Morgan fingerprint density at radius 3 is 2.04 bits per heavy atom. The van der Waals surface area contributed by atoms with Crippen LogP contribution in [0.5, 0.6) is 0 Å². The molecule has 1 fully saturated rings. The number of anilines is 1. The summed E-state index contributed by atoms with van der Waals surface area (Å²) >= 11 is 0. The first-order valence-corrected chi connectivity index (χ1v) is 8.39. The van der Waals surface area contributed by atoms with Crippen LogP contribution in [0, 0.1) is 0 Å². The Hall–Kier alpha value is -1.04. The number of nitrogens with two attached hydrogens (primary N) is 1. The number of nitrogen functional groups attached to an aromatic ring is 1. The van der Waals surface area contributed by atoms with Gasteiger partial charge in [-0.3, -0.25) is 14.8 Å². The van der Waals surface area contributed by atoms with Gasteiger partial charge in [0.15, 0.2) is 0 Å². The highest BCUT2D eigenvalue weighted by molar-refractivity contribution is 5.86. The molecular formula is C19H29Cl3N4. The molecule has 0 amide bonds. The maximum atomic E-state index is 5.73. The highest BCUT2D eigenvalue weighted by atomic mass is 35.5. The third-order valence-electron chi connectivity index (χ3n) is 4.57. The second-order valence-electron chi connectivity index (χ2n) is 6.58. The van der Waals surface area contributed by atoms with Crippen molar-refractivity contribution in [3.05, 3.63) is 48.2 Å². The lowest BCUT2D eigenvalue weighted by Gasteiger charge is -2.36. The number of hydrogen-bond acceptors (Lipinski definition) is 4. The maximum absolute atomic E-state index is 5.73. The molecule has 1 saturated heterocycles. The van der Waals surface area contributed by atoms with E-state index in [9.17, 15) is 0 Å². The summed E-state index contributed by atoms with van der Waals surface area (Å²) in [5.74, 6) is 0. The van der Waals surface area contributed by atoms with E-state index < -0.39 is 0 Å². The van der Waals surface area contributed by atoms with E-state index in [1.54, 1.807) is 0 Å². The van der Waals surface area contributed by atoms with E-state index in [0.717, 1.165) is 49.7 Å². The lowest BCUT2D eigenvalue weighted by Crippen LogP contribution is -2.48. The smallest absolute Gasteiger partial charge is 0.0702 e. The van der Waals surface area contributed by atoms with Crippen LogP contribution in [0.25, 0.3) is 11.3 Å². The van der Waals surface area contributed by atoms with Crippen molar-refractivity contribution in [3.8, 4) is 11.3 Å². The molecule has 1 aliphatic rings. The van der Waals surface area contributed by atoms with Gasteiger partial charge in [-0.15, -0.1) is 37.2 Å². The number of halogens is 3. The van der Waals surface area contributed by atoms with Gasteiger partial charge in [-0.25, -0.2) is 0 Å². The molecule has 26 heavy (non-hydrogen) atoms. The van der Waals surface area contributed by atoms with Crippen LogP contribution in [0.2, 0.25) is 0 Å². The van der Waals surface area contributed by atoms with Crippen molar-refractivity contribution in [2.75, 3.05) is 31.9 Å². The summed E-state index contributed by atoms with van der Waals surface area (Å²) in [6.45, 7) is 10.1. The first-order chi connectivity index (χ1) is 11.1. The van der Waals surface area contributed by atoms with Gasteiger partial charge in [-0.05, 0) is 37.6 Å². The van der Waals surface area contributed by atoms with Crippen LogP contribution in [0.15, 0.2) is 42.6 Å². The molecule has 0 bridgehead atoms. The largest absolute Gasteiger partial charge is 0.399 e. The number of benzene rings is 1. The maximum Gasteiger partial charge on any atom is 0.0702 e. The van der Waals surface area contributed by atoms with Gasteiger partial charge in [0.1, 0.15) is 0 Å². The van der Waals surface area contributed by atoms with Crippen LogP contribution < -0.4 is 5.73 Å². The topological polar surface area (TPSA) is 45.4 Å². The molecule has 2 heterocycles. The Morgan fingerprint density at radius 2 is 1.54 bits per heavy atom. The number of pyridine rings is 1. The summed E-state index contributed by atoms with van der Waals surface area (Å²) in [5.41, 5.74) is 9.90. The predicted molar refractivity (Wildman–Crippen MR) is 118 cm³/mol. The molecular weight excluding hydrogens is 391 g/mol. The van der Waals surface area contributed by atoms with Gasteiger partial charge in [-0.2, -0.15) is 0 Å². The molecule has 0 saturated carbocycles. The van der Waals surface area contributed by atoms with Crippen molar-refractivity contribution in [2.45, 2.75) is 26.4 Å². The van der Waals surface area contributed by atoms with Crippen molar-refractivity contribution in [1.82, 2.24) is 14.8 Å². The molecule has 0 spiro atoms. The van der Waals surface area contributed by atoms with E-state index in [-0.39, 0.29) is 37.2 Å². The average Bonchev–Trinajstić information content (AvgIpc) is 2.57. The van der Waals surface area contributed by atoms with Gasteiger partial charge in [0.2, 0.25) is 0 Å². The Labute approximate surface area is 175 Å². The molecule has 1 aromatic carbocycles. The van der Waals surface area contributed by atoms with Crippen molar-refractivity contribution in [3.63, 3.8) is 0 Å². The summed E-state index contributed by atoms with van der Waals surface area (Å²) in [4.78, 5) is 9.66. The average molecular weight is 420 g/mol. The Bertz CT molecular complexity index is 624. The zero-order valence-electron chi connectivity index (χ0n) is 15.3. The molecule has 1 aromatic heterocycles. The van der Waals surface area contributed by atoms with Gasteiger partial charge in [-0.1, -0.05) is 18.2 Å². The molecule has 4 nitrogen and oxygen atoms in total. The monoisotopic (exact) mass is 418 g/mol. The molecule has 1 aliphatic heterocycles. The van der Waals surface area contributed by atoms with Crippen LogP contribution in [-0.4, -0.2) is 47.0 Å². The highest BCUT2D eigenvalue weighted by Crippen LogP contribution is 2.19. The summed E-state index contributed by atoms with van der Waals surface area (Å²) in [7, 11) is 0. The van der Waals surface area contributed by atoms with Gasteiger partial charge >= 0.3 is 0 Å². The number of piperazine rings is 1. The van der Waals surface area contributed by atoms with E-state index in [1.165, 1.54) is 5.56 Å². The van der Waals surface area contributed by atoms with E-state index >= 15 is 0 Å². The van der Waals surface area contributed by atoms with Crippen LogP contribution >= 0.6 is 37.2 Å². The minimum Gasteiger partial charge on any atom is -0.399 e. The molecule has 0 aliphatic carbocycles. The minimum atomic E-state index is 0. The van der Waals surface area contributed by atoms with Crippen LogP contribution in [0.1, 0.15) is 19.4 Å². The normalized spacial score (nSPS) is 14.9. The van der Waals surface area contributed by atoms with Gasteiger partial charge in [0.05, 0.1) is 5.69 Å². The second kappa shape index (κ2) is 11.6. The van der Waals surface area contributed by atoms with Crippen LogP contribution in [0.4, 0.5) is 5.69 Å². The van der Waals surface area contributed by atoms with Gasteiger partial charge < -0.3 is 5.73 Å². The third-order valence-corrected chi connectivity index (χ3v) is 4.57. The molecule has 0 unspecified atom stereocenters. The fourth-order valence-electron chi connectivity index (χ4n) is 3.04.